The zero-order valence-corrected chi connectivity index (χ0v) is 5.87. The van der Waals surface area contributed by atoms with Gasteiger partial charge in [0.05, 0.1) is 6.10 Å². The SMILES string of the molecule is CCC(O)C(CC)N=O. The predicted octanol–water partition coefficient (Wildman–Crippen LogP) is 1.30. The van der Waals surface area contributed by atoms with Gasteiger partial charge in [0.1, 0.15) is 6.04 Å². The van der Waals surface area contributed by atoms with Crippen LogP contribution in [0.15, 0.2) is 5.18 Å². The predicted molar refractivity (Wildman–Crippen MR) is 36.2 cm³/mol. The van der Waals surface area contributed by atoms with E-state index in [9.17, 15) is 4.91 Å². The van der Waals surface area contributed by atoms with Crippen molar-refractivity contribution in [3.8, 4) is 0 Å². The second kappa shape index (κ2) is 4.44. The molecule has 0 heterocycles. The molecule has 0 aromatic heterocycles. The van der Waals surface area contributed by atoms with Crippen LogP contribution in [0.4, 0.5) is 0 Å². The average Bonchev–Trinajstić information content (AvgIpc) is 1.90. The third-order valence-corrected chi connectivity index (χ3v) is 1.42. The van der Waals surface area contributed by atoms with Crippen molar-refractivity contribution in [3.05, 3.63) is 4.91 Å². The Morgan fingerprint density at radius 2 is 2.00 bits per heavy atom. The molecule has 3 heteroatoms. The van der Waals surface area contributed by atoms with Crippen LogP contribution in [0.2, 0.25) is 0 Å². The van der Waals surface area contributed by atoms with Gasteiger partial charge in [0.15, 0.2) is 0 Å². The third-order valence-electron chi connectivity index (χ3n) is 1.42. The zero-order chi connectivity index (χ0) is 7.28. The molecule has 0 saturated carbocycles. The van der Waals surface area contributed by atoms with Gasteiger partial charge in [0, 0.05) is 0 Å². The van der Waals surface area contributed by atoms with E-state index in [1.165, 1.54) is 0 Å². The fourth-order valence-electron chi connectivity index (χ4n) is 0.689. The molecule has 0 aromatic rings. The first kappa shape index (κ1) is 8.56. The highest BCUT2D eigenvalue weighted by molar-refractivity contribution is 4.71. The minimum Gasteiger partial charge on any atom is -0.391 e. The summed E-state index contributed by atoms with van der Waals surface area (Å²) in [7, 11) is 0. The van der Waals surface area contributed by atoms with Crippen molar-refractivity contribution in [2.75, 3.05) is 0 Å². The first-order valence-electron chi connectivity index (χ1n) is 3.26. The van der Waals surface area contributed by atoms with Crippen LogP contribution < -0.4 is 0 Å². The van der Waals surface area contributed by atoms with E-state index >= 15 is 0 Å². The summed E-state index contributed by atoms with van der Waals surface area (Å²) in [5.41, 5.74) is 0. The van der Waals surface area contributed by atoms with Gasteiger partial charge in [-0.25, -0.2) is 0 Å². The van der Waals surface area contributed by atoms with Crippen LogP contribution in [-0.4, -0.2) is 17.3 Å². The summed E-state index contributed by atoms with van der Waals surface area (Å²) >= 11 is 0. The first-order chi connectivity index (χ1) is 4.26. The Morgan fingerprint density at radius 3 is 2.11 bits per heavy atom. The van der Waals surface area contributed by atoms with E-state index in [1.807, 2.05) is 13.8 Å². The maximum Gasteiger partial charge on any atom is 0.117 e. The number of hydrogen-bond acceptors (Lipinski definition) is 3. The van der Waals surface area contributed by atoms with Gasteiger partial charge in [-0.3, -0.25) is 0 Å². The Bertz CT molecular complexity index is 85.1. The second-order valence-corrected chi connectivity index (χ2v) is 2.06. The summed E-state index contributed by atoms with van der Waals surface area (Å²) in [5, 5.41) is 11.8. The summed E-state index contributed by atoms with van der Waals surface area (Å²) in [6.45, 7) is 3.67. The summed E-state index contributed by atoms with van der Waals surface area (Å²) in [4.78, 5) is 9.93. The quantitative estimate of drug-likeness (QED) is 0.584. The van der Waals surface area contributed by atoms with E-state index in [4.69, 9.17) is 5.11 Å². The van der Waals surface area contributed by atoms with E-state index in [-0.39, 0.29) is 0 Å². The standard InChI is InChI=1S/C6H13NO2/c1-3-5(7-9)6(8)4-2/h5-6,8H,3-4H2,1-2H3. The summed E-state index contributed by atoms with van der Waals surface area (Å²) in [5.74, 6) is 0. The van der Waals surface area contributed by atoms with Gasteiger partial charge in [0.25, 0.3) is 0 Å². The second-order valence-electron chi connectivity index (χ2n) is 2.06. The van der Waals surface area contributed by atoms with Crippen molar-refractivity contribution >= 4 is 0 Å². The first-order valence-corrected chi connectivity index (χ1v) is 3.26. The third kappa shape index (κ3) is 2.56. The van der Waals surface area contributed by atoms with E-state index in [1.54, 1.807) is 0 Å². The monoisotopic (exact) mass is 131 g/mol. The molecule has 9 heavy (non-hydrogen) atoms. The molecule has 0 saturated heterocycles. The minimum atomic E-state index is -0.549. The molecular weight excluding hydrogens is 118 g/mol. The molecule has 0 aliphatic carbocycles. The number of nitrogens with zero attached hydrogens (tertiary/aromatic N) is 1. The van der Waals surface area contributed by atoms with Crippen molar-refractivity contribution in [1.29, 1.82) is 0 Å². The van der Waals surface area contributed by atoms with E-state index in [0.29, 0.717) is 12.8 Å². The highest BCUT2D eigenvalue weighted by Crippen LogP contribution is 2.05. The van der Waals surface area contributed by atoms with Crippen LogP contribution in [0.5, 0.6) is 0 Å². The Kier molecular flexibility index (Phi) is 4.22. The van der Waals surface area contributed by atoms with Gasteiger partial charge in [-0.1, -0.05) is 19.0 Å². The van der Waals surface area contributed by atoms with E-state index in [2.05, 4.69) is 5.18 Å². The van der Waals surface area contributed by atoms with Crippen LogP contribution in [0.25, 0.3) is 0 Å². The summed E-state index contributed by atoms with van der Waals surface area (Å²) in [6.07, 6.45) is 0.676. The maximum absolute atomic E-state index is 9.93. The lowest BCUT2D eigenvalue weighted by atomic mass is 10.1. The zero-order valence-electron chi connectivity index (χ0n) is 5.87. The largest absolute Gasteiger partial charge is 0.391 e. The smallest absolute Gasteiger partial charge is 0.117 e. The Balaban J connectivity index is 3.63. The minimum absolute atomic E-state index is 0.407. The fraction of sp³-hybridized carbons (Fsp3) is 1.00. The summed E-state index contributed by atoms with van der Waals surface area (Å²) in [6, 6.07) is -0.407. The number of nitroso groups, excluding NO2 is 1. The molecule has 1 N–H and O–H groups in total. The van der Waals surface area contributed by atoms with Gasteiger partial charge in [0.2, 0.25) is 0 Å². The molecular formula is C6H13NO2. The average molecular weight is 131 g/mol. The lowest BCUT2D eigenvalue weighted by Crippen LogP contribution is -2.21. The van der Waals surface area contributed by atoms with E-state index in [0.717, 1.165) is 0 Å². The Hall–Kier alpha value is -0.440. The van der Waals surface area contributed by atoms with Crippen molar-refractivity contribution in [2.45, 2.75) is 38.8 Å². The van der Waals surface area contributed by atoms with Gasteiger partial charge in [-0.15, -0.1) is 0 Å². The fourth-order valence-corrected chi connectivity index (χ4v) is 0.689. The molecule has 3 nitrogen and oxygen atoms in total. The molecule has 54 valence electrons. The van der Waals surface area contributed by atoms with Crippen LogP contribution >= 0.6 is 0 Å². The van der Waals surface area contributed by atoms with Crippen molar-refractivity contribution in [2.24, 2.45) is 5.18 Å². The molecule has 2 unspecified atom stereocenters. The van der Waals surface area contributed by atoms with Crippen molar-refractivity contribution in [3.63, 3.8) is 0 Å². The molecule has 0 amide bonds. The van der Waals surface area contributed by atoms with Crippen LogP contribution in [-0.2, 0) is 0 Å². The highest BCUT2D eigenvalue weighted by atomic mass is 16.3. The highest BCUT2D eigenvalue weighted by Gasteiger charge is 2.14. The maximum atomic E-state index is 9.93. The lowest BCUT2D eigenvalue weighted by molar-refractivity contribution is 0.138. The van der Waals surface area contributed by atoms with Crippen LogP contribution in [0, 0.1) is 4.91 Å². The molecule has 0 aromatic carbocycles. The number of aliphatic hydroxyl groups is 1. The molecule has 0 fully saturated rings. The van der Waals surface area contributed by atoms with Gasteiger partial charge in [-0.2, -0.15) is 4.91 Å². The Labute approximate surface area is 55.1 Å². The van der Waals surface area contributed by atoms with Gasteiger partial charge >= 0.3 is 0 Å². The number of hydrogen-bond donors (Lipinski definition) is 1. The lowest BCUT2D eigenvalue weighted by Gasteiger charge is -2.10. The van der Waals surface area contributed by atoms with Crippen LogP contribution in [0.1, 0.15) is 26.7 Å². The van der Waals surface area contributed by atoms with Crippen molar-refractivity contribution in [1.82, 2.24) is 0 Å². The van der Waals surface area contributed by atoms with Crippen molar-refractivity contribution < 1.29 is 5.11 Å². The molecule has 0 radical (unpaired) electrons. The molecule has 0 aliphatic heterocycles. The topological polar surface area (TPSA) is 49.7 Å². The summed E-state index contributed by atoms with van der Waals surface area (Å²) < 4.78 is 0. The molecule has 2 atom stereocenters. The molecule has 0 spiro atoms. The van der Waals surface area contributed by atoms with E-state index < -0.39 is 12.1 Å². The molecule has 0 bridgehead atoms. The number of rotatable bonds is 4. The molecule has 0 aliphatic rings. The van der Waals surface area contributed by atoms with Gasteiger partial charge < -0.3 is 5.11 Å². The normalized spacial score (nSPS) is 16.8. The Morgan fingerprint density at radius 1 is 1.44 bits per heavy atom. The number of aliphatic hydroxyl groups excluding tert-OH is 1. The van der Waals surface area contributed by atoms with Gasteiger partial charge in [-0.05, 0) is 12.8 Å². The molecule has 0 rings (SSSR count). The van der Waals surface area contributed by atoms with Crippen LogP contribution in [0.3, 0.4) is 0 Å².